The third-order valence-corrected chi connectivity index (χ3v) is 6.27. The summed E-state index contributed by atoms with van der Waals surface area (Å²) in [5, 5.41) is 14.2. The minimum Gasteiger partial charge on any atom is -0.341 e. The molecule has 7 nitrogen and oxygen atoms in total. The van der Waals surface area contributed by atoms with Crippen molar-refractivity contribution < 1.29 is 4.52 Å². The highest BCUT2D eigenvalue weighted by Gasteiger charge is 2.33. The van der Waals surface area contributed by atoms with E-state index in [-0.39, 0.29) is 11.2 Å². The molecule has 0 radical (unpaired) electrons. The minimum atomic E-state index is 0.0610. The van der Waals surface area contributed by atoms with Gasteiger partial charge in [0, 0.05) is 25.0 Å². The Hall–Kier alpha value is -1.57. The SMILES string of the molecule is CC1CCN(c2nnc(SC(C)c3nc(C(C)C)no3)n2C2CC2)CC1. The molecule has 2 fully saturated rings. The Labute approximate surface area is 158 Å². The summed E-state index contributed by atoms with van der Waals surface area (Å²) in [6.45, 7) is 10.7. The zero-order valence-corrected chi connectivity index (χ0v) is 16.9. The average molecular weight is 377 g/mol. The molecule has 2 aromatic rings. The van der Waals surface area contributed by atoms with Crippen LogP contribution in [0.5, 0.6) is 0 Å². The maximum atomic E-state index is 5.46. The molecule has 0 bridgehead atoms. The zero-order valence-electron chi connectivity index (χ0n) is 16.1. The maximum absolute atomic E-state index is 5.46. The minimum absolute atomic E-state index is 0.0610. The number of thioether (sulfide) groups is 1. The second-order valence-electron chi connectivity index (χ2n) is 7.96. The van der Waals surface area contributed by atoms with Crippen molar-refractivity contribution in [3.8, 4) is 0 Å². The third kappa shape index (κ3) is 3.61. The van der Waals surface area contributed by atoms with Crippen LogP contribution in [-0.4, -0.2) is 38.0 Å². The van der Waals surface area contributed by atoms with Gasteiger partial charge in [-0.05, 0) is 38.5 Å². The molecule has 1 aliphatic heterocycles. The molecular weight excluding hydrogens is 348 g/mol. The van der Waals surface area contributed by atoms with Crippen LogP contribution in [0.15, 0.2) is 9.68 Å². The van der Waals surface area contributed by atoms with Gasteiger partial charge >= 0.3 is 0 Å². The van der Waals surface area contributed by atoms with Gasteiger partial charge in [-0.3, -0.25) is 4.57 Å². The summed E-state index contributed by atoms with van der Waals surface area (Å²) in [5.41, 5.74) is 0. The molecule has 0 amide bonds. The van der Waals surface area contributed by atoms with Crippen LogP contribution in [0.1, 0.15) is 82.3 Å². The molecule has 142 valence electrons. The fourth-order valence-electron chi connectivity index (χ4n) is 3.28. The van der Waals surface area contributed by atoms with Crippen molar-refractivity contribution in [2.75, 3.05) is 18.0 Å². The Morgan fingerprint density at radius 3 is 2.42 bits per heavy atom. The molecule has 3 heterocycles. The van der Waals surface area contributed by atoms with Crippen molar-refractivity contribution in [1.82, 2.24) is 24.9 Å². The van der Waals surface area contributed by atoms with E-state index in [0.717, 1.165) is 35.9 Å². The highest BCUT2D eigenvalue weighted by atomic mass is 32.2. The average Bonchev–Trinajstić information content (AvgIpc) is 3.17. The predicted molar refractivity (Wildman–Crippen MR) is 102 cm³/mol. The first-order valence-corrected chi connectivity index (χ1v) is 10.6. The second-order valence-corrected chi connectivity index (χ2v) is 9.27. The van der Waals surface area contributed by atoms with Crippen LogP contribution < -0.4 is 4.90 Å². The summed E-state index contributed by atoms with van der Waals surface area (Å²) in [5.74, 6) is 3.55. The molecule has 4 rings (SSSR count). The molecular formula is C18H28N6OS. The Balaban J connectivity index is 1.53. The number of anilines is 1. The van der Waals surface area contributed by atoms with Crippen LogP contribution in [0.25, 0.3) is 0 Å². The molecule has 1 aliphatic carbocycles. The Kier molecular flexibility index (Phi) is 4.94. The highest BCUT2D eigenvalue weighted by Crippen LogP contribution is 2.44. The molecule has 1 saturated heterocycles. The highest BCUT2D eigenvalue weighted by molar-refractivity contribution is 7.99. The van der Waals surface area contributed by atoms with Crippen molar-refractivity contribution in [3.63, 3.8) is 0 Å². The molecule has 2 aliphatic rings. The summed E-state index contributed by atoms with van der Waals surface area (Å²) >= 11 is 1.67. The number of rotatable bonds is 6. The summed E-state index contributed by atoms with van der Waals surface area (Å²) in [7, 11) is 0. The molecule has 0 N–H and O–H groups in total. The number of nitrogens with zero attached hydrogens (tertiary/aromatic N) is 6. The summed E-state index contributed by atoms with van der Waals surface area (Å²) < 4.78 is 7.81. The Morgan fingerprint density at radius 2 is 1.81 bits per heavy atom. The topological polar surface area (TPSA) is 72.9 Å². The van der Waals surface area contributed by atoms with Gasteiger partial charge in [0.1, 0.15) is 0 Å². The van der Waals surface area contributed by atoms with E-state index in [2.05, 4.69) is 57.5 Å². The van der Waals surface area contributed by atoms with Gasteiger partial charge in [-0.1, -0.05) is 37.7 Å². The first-order chi connectivity index (χ1) is 12.5. The van der Waals surface area contributed by atoms with E-state index in [9.17, 15) is 0 Å². The maximum Gasteiger partial charge on any atom is 0.239 e. The van der Waals surface area contributed by atoms with Crippen molar-refractivity contribution >= 4 is 17.7 Å². The van der Waals surface area contributed by atoms with Gasteiger partial charge in [0.15, 0.2) is 11.0 Å². The van der Waals surface area contributed by atoms with Crippen LogP contribution in [0.2, 0.25) is 0 Å². The standard InChI is InChI=1S/C18H28N6OS/c1-11(2)15-19-16(25-22-15)13(4)26-18-21-20-17(24(18)14-5-6-14)23-9-7-12(3)8-10-23/h11-14H,5-10H2,1-4H3. The third-order valence-electron chi connectivity index (χ3n) is 5.23. The van der Waals surface area contributed by atoms with Gasteiger partial charge in [-0.2, -0.15) is 4.98 Å². The molecule has 0 spiro atoms. The number of hydrogen-bond acceptors (Lipinski definition) is 7. The first kappa shape index (κ1) is 17.8. The van der Waals surface area contributed by atoms with Gasteiger partial charge in [0.2, 0.25) is 11.8 Å². The van der Waals surface area contributed by atoms with E-state index in [1.165, 1.54) is 25.7 Å². The molecule has 1 unspecified atom stereocenters. The molecule has 1 atom stereocenters. The van der Waals surface area contributed by atoms with Crippen LogP contribution in [-0.2, 0) is 0 Å². The van der Waals surface area contributed by atoms with Crippen LogP contribution in [0, 0.1) is 5.92 Å². The molecule has 2 aromatic heterocycles. The second kappa shape index (κ2) is 7.21. The lowest BCUT2D eigenvalue weighted by molar-refractivity contribution is 0.372. The lowest BCUT2D eigenvalue weighted by Crippen LogP contribution is -2.34. The van der Waals surface area contributed by atoms with Crippen molar-refractivity contribution in [2.24, 2.45) is 5.92 Å². The Morgan fingerprint density at radius 1 is 1.08 bits per heavy atom. The fourth-order valence-corrected chi connectivity index (χ4v) is 4.23. The largest absolute Gasteiger partial charge is 0.341 e. The Bertz CT molecular complexity index is 745. The lowest BCUT2D eigenvalue weighted by atomic mass is 10.00. The predicted octanol–water partition coefficient (Wildman–Crippen LogP) is 4.21. The van der Waals surface area contributed by atoms with E-state index in [0.29, 0.717) is 11.9 Å². The molecule has 26 heavy (non-hydrogen) atoms. The quantitative estimate of drug-likeness (QED) is 0.699. The van der Waals surface area contributed by atoms with Gasteiger partial charge in [0.25, 0.3) is 0 Å². The summed E-state index contributed by atoms with van der Waals surface area (Å²) in [4.78, 5) is 6.94. The smallest absolute Gasteiger partial charge is 0.239 e. The van der Waals surface area contributed by atoms with Gasteiger partial charge in [-0.25, -0.2) is 0 Å². The number of aromatic nitrogens is 5. The van der Waals surface area contributed by atoms with Crippen LogP contribution in [0.4, 0.5) is 5.95 Å². The van der Waals surface area contributed by atoms with Crippen molar-refractivity contribution in [1.29, 1.82) is 0 Å². The van der Waals surface area contributed by atoms with E-state index >= 15 is 0 Å². The van der Waals surface area contributed by atoms with Gasteiger partial charge < -0.3 is 9.42 Å². The molecule has 1 saturated carbocycles. The van der Waals surface area contributed by atoms with Gasteiger partial charge in [-0.15, -0.1) is 10.2 Å². The monoisotopic (exact) mass is 376 g/mol. The van der Waals surface area contributed by atoms with Gasteiger partial charge in [0.05, 0.1) is 5.25 Å². The number of piperidine rings is 1. The zero-order chi connectivity index (χ0) is 18.3. The summed E-state index contributed by atoms with van der Waals surface area (Å²) in [6, 6.07) is 0.544. The van der Waals surface area contributed by atoms with Crippen LogP contribution in [0.3, 0.4) is 0 Å². The first-order valence-electron chi connectivity index (χ1n) is 9.73. The van der Waals surface area contributed by atoms with Crippen LogP contribution >= 0.6 is 11.8 Å². The molecule has 0 aromatic carbocycles. The van der Waals surface area contributed by atoms with E-state index in [1.54, 1.807) is 11.8 Å². The van der Waals surface area contributed by atoms with Crippen molar-refractivity contribution in [3.05, 3.63) is 11.7 Å². The van der Waals surface area contributed by atoms with E-state index in [4.69, 9.17) is 4.52 Å². The van der Waals surface area contributed by atoms with E-state index in [1.807, 2.05) is 0 Å². The molecule has 8 heteroatoms. The lowest BCUT2D eigenvalue weighted by Gasteiger charge is -2.31. The summed E-state index contributed by atoms with van der Waals surface area (Å²) in [6.07, 6.45) is 4.90. The fraction of sp³-hybridized carbons (Fsp3) is 0.778. The van der Waals surface area contributed by atoms with Crippen molar-refractivity contribution in [2.45, 2.75) is 75.7 Å². The van der Waals surface area contributed by atoms with E-state index < -0.39 is 0 Å². The normalized spacial score (nSPS) is 20.1. The number of hydrogen-bond donors (Lipinski definition) is 0.